The van der Waals surface area contributed by atoms with Crippen molar-refractivity contribution in [3.05, 3.63) is 35.4 Å². The third kappa shape index (κ3) is 1.92. The third-order valence-electron chi connectivity index (χ3n) is 2.96. The van der Waals surface area contributed by atoms with Gasteiger partial charge in [-0.05, 0) is 12.5 Å². The summed E-state index contributed by atoms with van der Waals surface area (Å²) in [6, 6.07) is 7.66. The minimum absolute atomic E-state index is 0.0133. The van der Waals surface area contributed by atoms with E-state index in [1.54, 1.807) is 0 Å². The highest BCUT2D eigenvalue weighted by molar-refractivity contribution is 7.91. The van der Waals surface area contributed by atoms with Gasteiger partial charge in [0.05, 0.1) is 5.25 Å². The van der Waals surface area contributed by atoms with Gasteiger partial charge in [0, 0.05) is 18.2 Å². The Morgan fingerprint density at radius 2 is 1.73 bits per heavy atom. The van der Waals surface area contributed by atoms with Crippen molar-refractivity contribution in [2.45, 2.75) is 24.1 Å². The summed E-state index contributed by atoms with van der Waals surface area (Å²) in [4.78, 5) is 0. The van der Waals surface area contributed by atoms with Crippen LogP contribution in [0.1, 0.15) is 17.0 Å². The van der Waals surface area contributed by atoms with Crippen molar-refractivity contribution in [1.29, 1.82) is 0 Å². The minimum Gasteiger partial charge on any atom is -0.326 e. The van der Waals surface area contributed by atoms with Crippen LogP contribution in [0, 0.1) is 6.92 Å². The number of nitrogens with two attached hydrogens (primary N) is 1. The Morgan fingerprint density at radius 3 is 2.13 bits per heavy atom. The van der Waals surface area contributed by atoms with E-state index in [1.165, 1.54) is 11.8 Å². The lowest BCUT2D eigenvalue weighted by atomic mass is 10.1. The van der Waals surface area contributed by atoms with Gasteiger partial charge in [0.1, 0.15) is 0 Å². The topological polar surface area (TPSA) is 60.2 Å². The first-order chi connectivity index (χ1) is 6.91. The molecule has 0 spiro atoms. The SMILES string of the molecule is Cc1ccc([C@H]2[C@H](N)[C@@H]2S(C)(=O)=O)cc1. The van der Waals surface area contributed by atoms with Crippen LogP contribution in [0.3, 0.4) is 0 Å². The highest BCUT2D eigenvalue weighted by Gasteiger charge is 2.54. The summed E-state index contributed by atoms with van der Waals surface area (Å²) in [5.41, 5.74) is 7.99. The molecule has 1 aliphatic carbocycles. The van der Waals surface area contributed by atoms with Crippen LogP contribution < -0.4 is 5.73 Å². The van der Waals surface area contributed by atoms with Crippen LogP contribution in [0.25, 0.3) is 0 Å². The van der Waals surface area contributed by atoms with Gasteiger partial charge in [-0.3, -0.25) is 0 Å². The molecule has 3 atom stereocenters. The maximum absolute atomic E-state index is 11.4. The Balaban J connectivity index is 2.26. The first kappa shape index (κ1) is 10.6. The summed E-state index contributed by atoms with van der Waals surface area (Å²) in [5, 5.41) is -0.389. The van der Waals surface area contributed by atoms with Crippen LogP contribution in [-0.2, 0) is 9.84 Å². The Labute approximate surface area is 90.2 Å². The van der Waals surface area contributed by atoms with Crippen LogP contribution in [0.4, 0.5) is 0 Å². The summed E-state index contributed by atoms with van der Waals surface area (Å²) in [6.45, 7) is 2.00. The molecule has 0 unspecified atom stereocenters. The molecular weight excluding hydrogens is 210 g/mol. The van der Waals surface area contributed by atoms with E-state index in [-0.39, 0.29) is 17.2 Å². The fraction of sp³-hybridized carbons (Fsp3) is 0.455. The first-order valence-corrected chi connectivity index (χ1v) is 6.88. The van der Waals surface area contributed by atoms with Gasteiger partial charge >= 0.3 is 0 Å². The molecular formula is C11H15NO2S. The Hall–Kier alpha value is -0.870. The van der Waals surface area contributed by atoms with Gasteiger partial charge in [-0.2, -0.15) is 0 Å². The lowest BCUT2D eigenvalue weighted by molar-refractivity contribution is 0.599. The lowest BCUT2D eigenvalue weighted by Gasteiger charge is -1.99. The highest BCUT2D eigenvalue weighted by atomic mass is 32.2. The molecule has 0 aromatic heterocycles. The molecule has 0 saturated heterocycles. The predicted molar refractivity (Wildman–Crippen MR) is 60.5 cm³/mol. The average molecular weight is 225 g/mol. The van der Waals surface area contributed by atoms with Gasteiger partial charge in [0.25, 0.3) is 0 Å². The molecule has 1 saturated carbocycles. The number of hydrogen-bond donors (Lipinski definition) is 1. The zero-order chi connectivity index (χ0) is 11.2. The fourth-order valence-corrected chi connectivity index (χ4v) is 3.58. The number of sulfone groups is 1. The molecule has 1 aliphatic rings. The number of hydrogen-bond acceptors (Lipinski definition) is 3. The van der Waals surface area contributed by atoms with Crippen molar-refractivity contribution >= 4 is 9.84 Å². The van der Waals surface area contributed by atoms with Crippen LogP contribution in [0.2, 0.25) is 0 Å². The molecule has 1 fully saturated rings. The van der Waals surface area contributed by atoms with Gasteiger partial charge in [-0.15, -0.1) is 0 Å². The quantitative estimate of drug-likeness (QED) is 0.811. The van der Waals surface area contributed by atoms with E-state index < -0.39 is 9.84 Å². The molecule has 82 valence electrons. The zero-order valence-corrected chi connectivity index (χ0v) is 9.66. The predicted octanol–water partition coefficient (Wildman–Crippen LogP) is 0.833. The van der Waals surface area contributed by atoms with Crippen LogP contribution in [0.5, 0.6) is 0 Å². The molecule has 15 heavy (non-hydrogen) atoms. The van der Waals surface area contributed by atoms with Crippen molar-refractivity contribution < 1.29 is 8.42 Å². The molecule has 2 N–H and O–H groups in total. The van der Waals surface area contributed by atoms with Crippen molar-refractivity contribution in [2.24, 2.45) is 5.73 Å². The molecule has 3 nitrogen and oxygen atoms in total. The molecule has 4 heteroatoms. The fourth-order valence-electron chi connectivity index (χ4n) is 2.06. The summed E-state index contributed by atoms with van der Waals surface area (Å²) in [6.07, 6.45) is 1.26. The van der Waals surface area contributed by atoms with Crippen LogP contribution in [0.15, 0.2) is 24.3 Å². The molecule has 0 heterocycles. The van der Waals surface area contributed by atoms with Gasteiger partial charge in [0.2, 0.25) is 0 Å². The van der Waals surface area contributed by atoms with Crippen molar-refractivity contribution in [3.63, 3.8) is 0 Å². The van der Waals surface area contributed by atoms with E-state index >= 15 is 0 Å². The van der Waals surface area contributed by atoms with Gasteiger partial charge in [-0.25, -0.2) is 8.42 Å². The maximum Gasteiger partial charge on any atom is 0.152 e. The van der Waals surface area contributed by atoms with Gasteiger partial charge < -0.3 is 5.73 Å². The van der Waals surface area contributed by atoms with Gasteiger partial charge in [0.15, 0.2) is 9.84 Å². The summed E-state index contributed by atoms with van der Waals surface area (Å²) < 4.78 is 22.7. The zero-order valence-electron chi connectivity index (χ0n) is 8.84. The van der Waals surface area contributed by atoms with E-state index in [2.05, 4.69) is 0 Å². The molecule has 1 aromatic carbocycles. The molecule has 0 amide bonds. The largest absolute Gasteiger partial charge is 0.326 e. The summed E-state index contributed by atoms with van der Waals surface area (Å²) >= 11 is 0. The molecule has 2 rings (SSSR count). The second-order valence-electron chi connectivity index (χ2n) is 4.31. The van der Waals surface area contributed by atoms with Crippen molar-refractivity contribution in [1.82, 2.24) is 0 Å². The van der Waals surface area contributed by atoms with Gasteiger partial charge in [-0.1, -0.05) is 29.8 Å². The first-order valence-electron chi connectivity index (χ1n) is 4.92. The molecule has 0 radical (unpaired) electrons. The molecule has 0 bridgehead atoms. The third-order valence-corrected chi connectivity index (χ3v) is 4.56. The highest BCUT2D eigenvalue weighted by Crippen LogP contribution is 2.44. The van der Waals surface area contributed by atoms with Crippen molar-refractivity contribution in [2.75, 3.05) is 6.26 Å². The Morgan fingerprint density at radius 1 is 1.20 bits per heavy atom. The Bertz CT molecular complexity index is 464. The monoisotopic (exact) mass is 225 g/mol. The van der Waals surface area contributed by atoms with E-state index in [0.29, 0.717) is 0 Å². The minimum atomic E-state index is -3.01. The number of rotatable bonds is 2. The van der Waals surface area contributed by atoms with E-state index in [9.17, 15) is 8.42 Å². The van der Waals surface area contributed by atoms with Crippen molar-refractivity contribution in [3.8, 4) is 0 Å². The number of benzene rings is 1. The second kappa shape index (κ2) is 3.32. The second-order valence-corrected chi connectivity index (χ2v) is 6.51. The average Bonchev–Trinajstić information content (AvgIpc) is 2.78. The summed E-state index contributed by atoms with van der Waals surface area (Å²) in [5.74, 6) is -0.0133. The van der Waals surface area contributed by atoms with E-state index in [1.807, 2.05) is 31.2 Å². The standard InChI is InChI=1S/C11H15NO2S/c1-7-3-5-8(6-4-7)9-10(12)11(9)15(2,13)14/h3-6,9-11H,12H2,1-2H3/t9-,10-,11+/m0/s1. The van der Waals surface area contributed by atoms with Crippen LogP contribution >= 0.6 is 0 Å². The molecule has 0 aliphatic heterocycles. The lowest BCUT2D eigenvalue weighted by Crippen LogP contribution is -2.13. The maximum atomic E-state index is 11.4. The van der Waals surface area contributed by atoms with E-state index in [0.717, 1.165) is 5.56 Å². The smallest absolute Gasteiger partial charge is 0.152 e. The normalized spacial score (nSPS) is 30.2. The van der Waals surface area contributed by atoms with Crippen LogP contribution in [-0.4, -0.2) is 26.0 Å². The molecule has 1 aromatic rings. The number of aryl methyl sites for hydroxylation is 1. The summed E-state index contributed by atoms with van der Waals surface area (Å²) in [7, 11) is -3.01. The van der Waals surface area contributed by atoms with E-state index in [4.69, 9.17) is 5.73 Å². The Kier molecular flexibility index (Phi) is 2.35.